The summed E-state index contributed by atoms with van der Waals surface area (Å²) in [4.78, 5) is 9.50. The fourth-order valence-corrected chi connectivity index (χ4v) is 4.61. The number of hydrogen-bond donors (Lipinski definition) is 1. The first kappa shape index (κ1) is 24.7. The summed E-state index contributed by atoms with van der Waals surface area (Å²) in [6.45, 7) is 2.20. The van der Waals surface area contributed by atoms with Gasteiger partial charge in [0, 0.05) is 38.9 Å². The van der Waals surface area contributed by atoms with Gasteiger partial charge in [0.2, 0.25) is 5.89 Å². The van der Waals surface area contributed by atoms with Crippen LogP contribution in [0.1, 0.15) is 24.0 Å². The van der Waals surface area contributed by atoms with E-state index in [0.717, 1.165) is 33.5 Å². The Morgan fingerprint density at radius 1 is 0.757 bits per heavy atom. The third-order valence-corrected chi connectivity index (χ3v) is 6.50. The number of aromatic nitrogens is 2. The Kier molecular flexibility index (Phi) is 7.03. The molecule has 1 atom stereocenters. The number of hydrogen-bond acceptors (Lipinski definition) is 4. The van der Waals surface area contributed by atoms with Crippen molar-refractivity contribution in [3.8, 4) is 39.6 Å². The Balaban J connectivity index is 0.00000280. The minimum absolute atomic E-state index is 0. The smallest absolute Gasteiger partial charge is 0.230 e. The number of benzene rings is 4. The maximum atomic E-state index is 10.3. The summed E-state index contributed by atoms with van der Waals surface area (Å²) in [5, 5.41) is 10.3. The summed E-state index contributed by atoms with van der Waals surface area (Å²) >= 11 is 0. The van der Waals surface area contributed by atoms with Crippen LogP contribution < -0.4 is 0 Å². The van der Waals surface area contributed by atoms with Crippen LogP contribution in [0.15, 0.2) is 114 Å². The zero-order valence-corrected chi connectivity index (χ0v) is 22.3. The summed E-state index contributed by atoms with van der Waals surface area (Å²) in [7, 11) is 0. The molecule has 0 spiro atoms. The zero-order chi connectivity index (χ0) is 24.5. The molecule has 6 rings (SSSR count). The van der Waals surface area contributed by atoms with Crippen molar-refractivity contribution in [2.75, 3.05) is 0 Å². The number of aromatic hydroxyl groups is 1. The predicted molar refractivity (Wildman–Crippen MR) is 143 cm³/mol. The SMILES string of the molecule is CC(c1ccccc1)c1cccnc1-c1[c-]c(-c2cccc3oc(-c4ccccc4O)nc23)ccc1.[Pt]. The van der Waals surface area contributed by atoms with Crippen LogP contribution in [-0.4, -0.2) is 15.1 Å². The molecule has 0 fully saturated rings. The van der Waals surface area contributed by atoms with Gasteiger partial charge in [-0.2, -0.15) is 0 Å². The molecular weight excluding hydrogens is 639 g/mol. The predicted octanol–water partition coefficient (Wildman–Crippen LogP) is 7.88. The molecule has 2 heterocycles. The zero-order valence-electron chi connectivity index (χ0n) is 20.0. The van der Waals surface area contributed by atoms with Crippen molar-refractivity contribution in [1.29, 1.82) is 0 Å². The van der Waals surface area contributed by atoms with E-state index < -0.39 is 0 Å². The van der Waals surface area contributed by atoms with Gasteiger partial charge in [-0.25, -0.2) is 4.98 Å². The van der Waals surface area contributed by atoms with E-state index in [4.69, 9.17) is 14.4 Å². The topological polar surface area (TPSA) is 59.2 Å². The van der Waals surface area contributed by atoms with Gasteiger partial charge in [0.1, 0.15) is 11.3 Å². The number of phenolic OH excluding ortho intramolecular Hbond substituents is 1. The molecule has 4 aromatic carbocycles. The number of nitrogens with zero attached hydrogens (tertiary/aromatic N) is 2. The second kappa shape index (κ2) is 10.5. The van der Waals surface area contributed by atoms with Crippen molar-refractivity contribution < 1.29 is 30.6 Å². The third-order valence-electron chi connectivity index (χ3n) is 6.50. The molecule has 0 aliphatic carbocycles. The van der Waals surface area contributed by atoms with Crippen molar-refractivity contribution in [2.24, 2.45) is 0 Å². The van der Waals surface area contributed by atoms with Gasteiger partial charge in [0.15, 0.2) is 0 Å². The van der Waals surface area contributed by atoms with Crippen LogP contribution in [0.2, 0.25) is 0 Å². The average molecular weight is 663 g/mol. The Bertz CT molecular complexity index is 1680. The van der Waals surface area contributed by atoms with Gasteiger partial charge in [-0.05, 0) is 35.4 Å². The van der Waals surface area contributed by atoms with Crippen molar-refractivity contribution in [3.63, 3.8) is 0 Å². The third kappa shape index (κ3) is 4.73. The van der Waals surface area contributed by atoms with Crippen molar-refractivity contribution in [3.05, 3.63) is 127 Å². The van der Waals surface area contributed by atoms with Crippen LogP contribution in [0.3, 0.4) is 0 Å². The number of rotatable bonds is 5. The molecular formula is C32H23N2O2Pt-. The number of pyridine rings is 1. The molecule has 6 aromatic rings. The fraction of sp³-hybridized carbons (Fsp3) is 0.0625. The Morgan fingerprint density at radius 2 is 1.49 bits per heavy atom. The van der Waals surface area contributed by atoms with Crippen LogP contribution in [0.5, 0.6) is 5.75 Å². The van der Waals surface area contributed by atoms with E-state index in [1.54, 1.807) is 18.2 Å². The van der Waals surface area contributed by atoms with E-state index in [9.17, 15) is 5.11 Å². The maximum absolute atomic E-state index is 10.3. The fourth-order valence-electron chi connectivity index (χ4n) is 4.61. The van der Waals surface area contributed by atoms with Gasteiger partial charge in [-0.3, -0.25) is 4.98 Å². The number of phenols is 1. The van der Waals surface area contributed by atoms with E-state index in [1.807, 2.05) is 60.8 Å². The van der Waals surface area contributed by atoms with Crippen LogP contribution in [-0.2, 0) is 21.1 Å². The molecule has 0 aliphatic heterocycles. The molecule has 0 amide bonds. The Labute approximate surface area is 229 Å². The summed E-state index contributed by atoms with van der Waals surface area (Å²) in [5.41, 5.74) is 7.98. The molecule has 0 bridgehead atoms. The first-order chi connectivity index (χ1) is 17.7. The molecule has 184 valence electrons. The van der Waals surface area contributed by atoms with Crippen LogP contribution in [0, 0.1) is 6.07 Å². The largest absolute Gasteiger partial charge is 0.507 e. The van der Waals surface area contributed by atoms with Crippen LogP contribution in [0.25, 0.3) is 44.9 Å². The van der Waals surface area contributed by atoms with Gasteiger partial charge < -0.3 is 9.52 Å². The van der Waals surface area contributed by atoms with E-state index in [1.165, 1.54) is 5.56 Å². The average Bonchev–Trinajstić information content (AvgIpc) is 3.38. The summed E-state index contributed by atoms with van der Waals surface area (Å²) in [5.74, 6) is 0.705. The molecule has 0 saturated carbocycles. The van der Waals surface area contributed by atoms with Crippen molar-refractivity contribution in [2.45, 2.75) is 12.8 Å². The van der Waals surface area contributed by atoms with Gasteiger partial charge in [0.25, 0.3) is 0 Å². The minimum Gasteiger partial charge on any atom is -0.507 e. The molecule has 2 aromatic heterocycles. The van der Waals surface area contributed by atoms with Crippen molar-refractivity contribution in [1.82, 2.24) is 9.97 Å². The van der Waals surface area contributed by atoms with E-state index in [0.29, 0.717) is 17.0 Å². The molecule has 4 nitrogen and oxygen atoms in total. The quantitative estimate of drug-likeness (QED) is 0.191. The summed E-state index contributed by atoms with van der Waals surface area (Å²) < 4.78 is 6.01. The second-order valence-electron chi connectivity index (χ2n) is 8.74. The van der Waals surface area contributed by atoms with Gasteiger partial charge in [-0.15, -0.1) is 29.8 Å². The first-order valence-corrected chi connectivity index (χ1v) is 11.9. The van der Waals surface area contributed by atoms with Gasteiger partial charge in [0.05, 0.1) is 11.1 Å². The molecule has 0 radical (unpaired) electrons. The molecule has 1 unspecified atom stereocenters. The number of para-hydroxylation sites is 2. The van der Waals surface area contributed by atoms with Gasteiger partial charge >= 0.3 is 0 Å². The van der Waals surface area contributed by atoms with E-state index in [-0.39, 0.29) is 32.7 Å². The summed E-state index contributed by atoms with van der Waals surface area (Å²) in [6, 6.07) is 37.2. The Morgan fingerprint density at radius 3 is 2.32 bits per heavy atom. The molecule has 0 saturated heterocycles. The Hall–Kier alpha value is -4.01. The normalized spacial score (nSPS) is 11.7. The number of fused-ring (bicyclic) bond motifs is 1. The molecule has 0 aliphatic rings. The van der Waals surface area contributed by atoms with Gasteiger partial charge in [-0.1, -0.05) is 78.7 Å². The second-order valence-corrected chi connectivity index (χ2v) is 8.74. The van der Waals surface area contributed by atoms with E-state index >= 15 is 0 Å². The van der Waals surface area contributed by atoms with E-state index in [2.05, 4.69) is 43.3 Å². The standard InChI is InChI=1S/C32H23N2O2.Pt/c1-21(22-10-3-2-4-11-22)25-16-9-19-33-30(25)24-13-7-12-23(20-24)26-15-8-18-29-31(26)34-32(36-29)27-14-5-6-17-28(27)35;/h2-19,21,35H,1H3;/q-1;. The molecule has 5 heteroatoms. The monoisotopic (exact) mass is 662 g/mol. The molecule has 37 heavy (non-hydrogen) atoms. The minimum atomic E-state index is 0. The maximum Gasteiger partial charge on any atom is 0.230 e. The van der Waals surface area contributed by atoms with Crippen molar-refractivity contribution >= 4 is 11.1 Å². The van der Waals surface area contributed by atoms with Crippen LogP contribution >= 0.6 is 0 Å². The van der Waals surface area contributed by atoms with Crippen LogP contribution in [0.4, 0.5) is 0 Å². The molecule has 1 N–H and O–H groups in total. The number of oxazole rings is 1. The summed E-state index contributed by atoms with van der Waals surface area (Å²) in [6.07, 6.45) is 1.83. The first-order valence-electron chi connectivity index (χ1n) is 11.9.